The van der Waals surface area contributed by atoms with E-state index in [9.17, 15) is 0 Å². The summed E-state index contributed by atoms with van der Waals surface area (Å²) >= 11 is 0. The van der Waals surface area contributed by atoms with Gasteiger partial charge in [-0.2, -0.15) is 5.26 Å². The Morgan fingerprint density at radius 3 is 2.65 bits per heavy atom. The van der Waals surface area contributed by atoms with Gasteiger partial charge in [0.2, 0.25) is 0 Å². The number of anilines is 1. The van der Waals surface area contributed by atoms with E-state index in [4.69, 9.17) is 5.26 Å². The highest BCUT2D eigenvalue weighted by Crippen LogP contribution is 2.29. The Morgan fingerprint density at radius 1 is 1.05 bits per heavy atom. The molecule has 0 atom stereocenters. The molecule has 1 aliphatic rings. The minimum Gasteiger partial charge on any atom is -0.385 e. The van der Waals surface area contributed by atoms with E-state index in [0.29, 0.717) is 5.56 Å². The number of allylic oxidation sites excluding steroid dienone is 1. The van der Waals surface area contributed by atoms with Crippen LogP contribution in [0.3, 0.4) is 0 Å². The topological polar surface area (TPSA) is 35.8 Å². The van der Waals surface area contributed by atoms with Crippen LogP contribution in [0.25, 0.3) is 5.57 Å². The molecule has 2 aromatic carbocycles. The molecule has 2 heteroatoms. The summed E-state index contributed by atoms with van der Waals surface area (Å²) in [6, 6.07) is 18.3. The second-order valence-corrected chi connectivity index (χ2v) is 4.96. The van der Waals surface area contributed by atoms with Crippen molar-refractivity contribution in [1.29, 1.82) is 5.26 Å². The molecule has 0 unspecified atom stereocenters. The third-order valence-corrected chi connectivity index (χ3v) is 3.67. The Bertz CT molecular complexity index is 675. The highest BCUT2D eigenvalue weighted by molar-refractivity contribution is 5.73. The van der Waals surface area contributed by atoms with Crippen molar-refractivity contribution in [2.75, 3.05) is 11.9 Å². The Hall–Kier alpha value is -2.53. The van der Waals surface area contributed by atoms with Crippen molar-refractivity contribution >= 4 is 11.3 Å². The van der Waals surface area contributed by atoms with Crippen LogP contribution in [0.1, 0.15) is 23.1 Å². The zero-order valence-corrected chi connectivity index (χ0v) is 11.3. The summed E-state index contributed by atoms with van der Waals surface area (Å²) in [6.45, 7) is 0.909. The van der Waals surface area contributed by atoms with Crippen LogP contribution in [0.15, 0.2) is 54.6 Å². The van der Waals surface area contributed by atoms with Crippen LogP contribution in [0.2, 0.25) is 0 Å². The smallest absolute Gasteiger partial charge is 0.0991 e. The lowest BCUT2D eigenvalue weighted by Gasteiger charge is -2.08. The molecule has 0 spiro atoms. The summed E-state index contributed by atoms with van der Waals surface area (Å²) in [5.74, 6) is 0. The minimum atomic E-state index is 0.697. The maximum absolute atomic E-state index is 8.76. The zero-order chi connectivity index (χ0) is 13.8. The number of rotatable bonds is 4. The largest absolute Gasteiger partial charge is 0.385 e. The summed E-state index contributed by atoms with van der Waals surface area (Å²) in [7, 11) is 0. The fourth-order valence-corrected chi connectivity index (χ4v) is 2.60. The number of nitrogens with one attached hydrogen (secondary N) is 1. The van der Waals surface area contributed by atoms with Gasteiger partial charge < -0.3 is 5.32 Å². The standard InChI is InChI=1S/C18H16N2/c19-13-14-5-9-17(10-6-14)20-12-11-16-8-7-15-3-1-2-4-18(15)16/h1-6,8-10,20H,7,11-12H2. The number of nitriles is 1. The molecule has 0 radical (unpaired) electrons. The third-order valence-electron chi connectivity index (χ3n) is 3.67. The maximum Gasteiger partial charge on any atom is 0.0991 e. The number of fused-ring (bicyclic) bond motifs is 1. The second-order valence-electron chi connectivity index (χ2n) is 4.96. The molecule has 1 aliphatic carbocycles. The summed E-state index contributed by atoms with van der Waals surface area (Å²) in [5, 5.41) is 12.2. The van der Waals surface area contributed by atoms with E-state index in [-0.39, 0.29) is 0 Å². The van der Waals surface area contributed by atoms with Crippen LogP contribution < -0.4 is 5.32 Å². The molecular formula is C18H16N2. The van der Waals surface area contributed by atoms with Crippen LogP contribution in [0.5, 0.6) is 0 Å². The molecule has 0 saturated carbocycles. The summed E-state index contributed by atoms with van der Waals surface area (Å²) in [4.78, 5) is 0. The molecular weight excluding hydrogens is 244 g/mol. The fraction of sp³-hybridized carbons (Fsp3) is 0.167. The number of hydrogen-bond acceptors (Lipinski definition) is 2. The van der Waals surface area contributed by atoms with Gasteiger partial charge in [-0.3, -0.25) is 0 Å². The molecule has 1 N–H and O–H groups in total. The van der Waals surface area contributed by atoms with E-state index >= 15 is 0 Å². The zero-order valence-electron chi connectivity index (χ0n) is 11.3. The molecule has 0 saturated heterocycles. The van der Waals surface area contributed by atoms with Gasteiger partial charge in [0.05, 0.1) is 11.6 Å². The lowest BCUT2D eigenvalue weighted by Crippen LogP contribution is -2.02. The summed E-state index contributed by atoms with van der Waals surface area (Å²) in [5.41, 5.74) is 6.02. The molecule has 0 fully saturated rings. The van der Waals surface area contributed by atoms with Gasteiger partial charge in [-0.05, 0) is 53.8 Å². The predicted octanol–water partition coefficient (Wildman–Crippen LogP) is 4.00. The third kappa shape index (κ3) is 2.57. The van der Waals surface area contributed by atoms with Gasteiger partial charge in [0.15, 0.2) is 0 Å². The SMILES string of the molecule is N#Cc1ccc(NCCC2=CCc3ccccc32)cc1. The number of nitrogens with zero attached hydrogens (tertiary/aromatic N) is 1. The molecule has 0 heterocycles. The minimum absolute atomic E-state index is 0.697. The van der Waals surface area contributed by atoms with Crippen LogP contribution >= 0.6 is 0 Å². The highest BCUT2D eigenvalue weighted by Gasteiger charge is 2.12. The van der Waals surface area contributed by atoms with E-state index in [1.165, 1.54) is 16.7 Å². The van der Waals surface area contributed by atoms with E-state index < -0.39 is 0 Å². The van der Waals surface area contributed by atoms with Gasteiger partial charge in [0, 0.05) is 12.2 Å². The van der Waals surface area contributed by atoms with Gasteiger partial charge in [-0.1, -0.05) is 30.3 Å². The number of benzene rings is 2. The molecule has 0 bridgehead atoms. The van der Waals surface area contributed by atoms with E-state index in [1.807, 2.05) is 24.3 Å². The van der Waals surface area contributed by atoms with E-state index in [2.05, 4.69) is 41.7 Å². The van der Waals surface area contributed by atoms with Gasteiger partial charge in [-0.15, -0.1) is 0 Å². The quantitative estimate of drug-likeness (QED) is 0.902. The Labute approximate surface area is 119 Å². The lowest BCUT2D eigenvalue weighted by molar-refractivity contribution is 1.08. The second kappa shape index (κ2) is 5.63. The molecule has 3 rings (SSSR count). The lowest BCUT2D eigenvalue weighted by atomic mass is 10.0. The van der Waals surface area contributed by atoms with Crippen molar-refractivity contribution in [1.82, 2.24) is 0 Å². The summed E-state index contributed by atoms with van der Waals surface area (Å²) in [6.07, 6.45) is 4.41. The maximum atomic E-state index is 8.76. The first-order chi connectivity index (χ1) is 9.86. The van der Waals surface area contributed by atoms with Crippen LogP contribution in [0, 0.1) is 11.3 Å². The van der Waals surface area contributed by atoms with Crippen molar-refractivity contribution in [3.05, 3.63) is 71.3 Å². The number of hydrogen-bond donors (Lipinski definition) is 1. The van der Waals surface area contributed by atoms with Crippen molar-refractivity contribution in [3.63, 3.8) is 0 Å². The molecule has 0 aliphatic heterocycles. The average molecular weight is 260 g/mol. The monoisotopic (exact) mass is 260 g/mol. The Kier molecular flexibility index (Phi) is 3.52. The predicted molar refractivity (Wildman–Crippen MR) is 82.4 cm³/mol. The summed E-state index contributed by atoms with van der Waals surface area (Å²) < 4.78 is 0. The fourth-order valence-electron chi connectivity index (χ4n) is 2.60. The molecule has 0 amide bonds. The van der Waals surface area contributed by atoms with Gasteiger partial charge in [0.1, 0.15) is 0 Å². The first-order valence-corrected chi connectivity index (χ1v) is 6.88. The first kappa shape index (κ1) is 12.5. The van der Waals surface area contributed by atoms with Crippen molar-refractivity contribution in [2.45, 2.75) is 12.8 Å². The Balaban J connectivity index is 1.57. The normalized spacial score (nSPS) is 12.4. The average Bonchev–Trinajstić information content (AvgIpc) is 2.92. The first-order valence-electron chi connectivity index (χ1n) is 6.88. The highest BCUT2D eigenvalue weighted by atomic mass is 14.9. The van der Waals surface area contributed by atoms with Crippen LogP contribution in [-0.4, -0.2) is 6.54 Å². The van der Waals surface area contributed by atoms with E-state index in [1.54, 1.807) is 0 Å². The van der Waals surface area contributed by atoms with Crippen molar-refractivity contribution in [3.8, 4) is 6.07 Å². The van der Waals surface area contributed by atoms with Crippen LogP contribution in [-0.2, 0) is 6.42 Å². The van der Waals surface area contributed by atoms with Gasteiger partial charge in [0.25, 0.3) is 0 Å². The van der Waals surface area contributed by atoms with Gasteiger partial charge in [-0.25, -0.2) is 0 Å². The van der Waals surface area contributed by atoms with Crippen molar-refractivity contribution < 1.29 is 0 Å². The molecule has 2 nitrogen and oxygen atoms in total. The van der Waals surface area contributed by atoms with Crippen molar-refractivity contribution in [2.24, 2.45) is 0 Å². The molecule has 2 aromatic rings. The van der Waals surface area contributed by atoms with E-state index in [0.717, 1.165) is 25.1 Å². The molecule has 98 valence electrons. The molecule has 20 heavy (non-hydrogen) atoms. The van der Waals surface area contributed by atoms with Gasteiger partial charge >= 0.3 is 0 Å². The molecule has 0 aromatic heterocycles. The Morgan fingerprint density at radius 2 is 1.85 bits per heavy atom. The van der Waals surface area contributed by atoms with Crippen LogP contribution in [0.4, 0.5) is 5.69 Å².